The number of fused-ring (bicyclic) bond motifs is 6. The number of nitrogens with zero attached hydrogens (tertiary/aromatic N) is 4. The molecule has 0 fully saturated rings. The molecule has 3 aromatic heterocycles. The molecule has 0 amide bonds. The molecule has 0 saturated heterocycles. The zero-order valence-electron chi connectivity index (χ0n) is 30.4. The summed E-state index contributed by atoms with van der Waals surface area (Å²) < 4.78 is 8.61. The van der Waals surface area contributed by atoms with Crippen LogP contribution in [0, 0.1) is 0 Å². The zero-order valence-corrected chi connectivity index (χ0v) is 30.4. The Morgan fingerprint density at radius 3 is 1.88 bits per heavy atom. The Labute approximate surface area is 323 Å². The lowest BCUT2D eigenvalue weighted by molar-refractivity contribution is 0.592. The monoisotopic (exact) mass is 718 g/mol. The van der Waals surface area contributed by atoms with E-state index in [2.05, 4.69) is 126 Å². The maximum atomic E-state index is 6.22. The van der Waals surface area contributed by atoms with E-state index in [1.54, 1.807) is 0 Å². The van der Waals surface area contributed by atoms with Gasteiger partial charge in [-0.3, -0.25) is 0 Å². The number of aromatic nitrogens is 4. The minimum atomic E-state index is 0.222. The summed E-state index contributed by atoms with van der Waals surface area (Å²) in [5, 5.41) is 3.63. The summed E-state index contributed by atoms with van der Waals surface area (Å²) in [5.74, 6) is 3.12. The second-order valence-electron chi connectivity index (χ2n) is 14.4. The fourth-order valence-electron chi connectivity index (χ4n) is 8.36. The number of benzene rings is 7. The predicted octanol–water partition coefficient (Wildman–Crippen LogP) is 12.7. The third-order valence-corrected chi connectivity index (χ3v) is 11.0. The van der Waals surface area contributed by atoms with Crippen LogP contribution in [0.1, 0.15) is 22.8 Å². The molecule has 1 aliphatic carbocycles. The summed E-state index contributed by atoms with van der Waals surface area (Å²) in [6.45, 7) is 0. The van der Waals surface area contributed by atoms with Crippen LogP contribution in [-0.4, -0.2) is 19.5 Å². The van der Waals surface area contributed by atoms with Gasteiger partial charge in [-0.15, -0.1) is 0 Å². The molecular formula is C51H34N4O. The standard InChI is InChI=1S/C51H34N4O/c1-4-14-33(15-5-1)49-52-50(34-16-6-2-7-17-34)54-51(53-49)38-19-12-18-37(30-38)40-23-13-24-45-48(40)43-32-35(26-28-44(43)55(45)39-20-8-3-9-21-39)36-27-29-47-42(31-36)41-22-10-11-25-46(41)56-47/h1-30,32,36H,31H2. The van der Waals surface area contributed by atoms with Gasteiger partial charge >= 0.3 is 0 Å². The van der Waals surface area contributed by atoms with Crippen molar-refractivity contribution in [3.8, 4) is 51.0 Å². The SMILES string of the molecule is C1=CC(c2ccc3c(c2)c2c(-c4cccc(-c5nc(-c6ccccc6)nc(-c6ccccc6)n5)c4)cccc2n3-c2ccccc2)Cc2c1oc1ccccc21. The summed E-state index contributed by atoms with van der Waals surface area (Å²) in [4.78, 5) is 15.0. The highest BCUT2D eigenvalue weighted by atomic mass is 16.3. The van der Waals surface area contributed by atoms with Gasteiger partial charge in [0, 0.05) is 50.0 Å². The van der Waals surface area contributed by atoms with E-state index in [9.17, 15) is 0 Å². The molecule has 1 atom stereocenters. The summed E-state index contributed by atoms with van der Waals surface area (Å²) in [6, 6.07) is 61.6. The normalized spacial score (nSPS) is 13.8. The van der Waals surface area contributed by atoms with Crippen molar-refractivity contribution in [3.05, 3.63) is 199 Å². The molecule has 0 saturated carbocycles. The Morgan fingerprint density at radius 2 is 1.12 bits per heavy atom. The average Bonchev–Trinajstić information content (AvgIpc) is 3.82. The third-order valence-electron chi connectivity index (χ3n) is 11.0. The molecule has 7 aromatic carbocycles. The van der Waals surface area contributed by atoms with Crippen LogP contribution in [0.15, 0.2) is 186 Å². The van der Waals surface area contributed by atoms with Gasteiger partial charge in [0.25, 0.3) is 0 Å². The molecule has 5 heteroatoms. The predicted molar refractivity (Wildman–Crippen MR) is 228 cm³/mol. The van der Waals surface area contributed by atoms with Crippen LogP contribution >= 0.6 is 0 Å². The van der Waals surface area contributed by atoms with Crippen molar-refractivity contribution in [1.29, 1.82) is 0 Å². The first-order chi connectivity index (χ1) is 27.7. The molecule has 0 aliphatic heterocycles. The topological polar surface area (TPSA) is 56.7 Å². The highest BCUT2D eigenvalue weighted by Crippen LogP contribution is 2.42. The van der Waals surface area contributed by atoms with Crippen molar-refractivity contribution in [3.63, 3.8) is 0 Å². The van der Waals surface area contributed by atoms with Crippen molar-refractivity contribution in [1.82, 2.24) is 19.5 Å². The lowest BCUT2D eigenvalue weighted by Gasteiger charge is -2.17. The maximum absolute atomic E-state index is 6.22. The first-order valence-electron chi connectivity index (χ1n) is 19.0. The van der Waals surface area contributed by atoms with E-state index in [0.717, 1.165) is 56.8 Å². The van der Waals surface area contributed by atoms with Crippen LogP contribution in [-0.2, 0) is 6.42 Å². The van der Waals surface area contributed by atoms with Gasteiger partial charge in [-0.2, -0.15) is 0 Å². The van der Waals surface area contributed by atoms with Crippen molar-refractivity contribution in [2.45, 2.75) is 12.3 Å². The maximum Gasteiger partial charge on any atom is 0.164 e. The fourth-order valence-corrected chi connectivity index (χ4v) is 8.36. The van der Waals surface area contributed by atoms with E-state index < -0.39 is 0 Å². The molecule has 264 valence electrons. The van der Waals surface area contributed by atoms with Gasteiger partial charge < -0.3 is 8.98 Å². The van der Waals surface area contributed by atoms with Gasteiger partial charge in [-0.1, -0.05) is 140 Å². The number of allylic oxidation sites excluding steroid dienone is 1. The Bertz CT molecular complexity index is 3050. The van der Waals surface area contributed by atoms with Gasteiger partial charge in [0.2, 0.25) is 0 Å². The summed E-state index contributed by atoms with van der Waals surface area (Å²) in [7, 11) is 0. The molecule has 10 aromatic rings. The van der Waals surface area contributed by atoms with E-state index in [1.807, 2.05) is 66.7 Å². The molecule has 11 rings (SSSR count). The molecular weight excluding hydrogens is 685 g/mol. The van der Waals surface area contributed by atoms with Crippen LogP contribution in [0.2, 0.25) is 0 Å². The van der Waals surface area contributed by atoms with E-state index in [1.165, 1.54) is 32.8 Å². The molecule has 1 aliphatic rings. The average molecular weight is 719 g/mol. The molecule has 0 radical (unpaired) electrons. The number of furan rings is 1. The summed E-state index contributed by atoms with van der Waals surface area (Å²) >= 11 is 0. The van der Waals surface area contributed by atoms with Crippen molar-refractivity contribution >= 4 is 38.9 Å². The quantitative estimate of drug-likeness (QED) is 0.172. The zero-order chi connectivity index (χ0) is 37.0. The fraction of sp³-hybridized carbons (Fsp3) is 0.0392. The summed E-state index contributed by atoms with van der Waals surface area (Å²) in [5.41, 5.74) is 12.0. The van der Waals surface area contributed by atoms with Crippen molar-refractivity contribution < 1.29 is 4.42 Å². The first-order valence-corrected chi connectivity index (χ1v) is 19.0. The lowest BCUT2D eigenvalue weighted by Crippen LogP contribution is -2.04. The number of hydrogen-bond donors (Lipinski definition) is 0. The molecule has 5 nitrogen and oxygen atoms in total. The Balaban J connectivity index is 1.08. The lowest BCUT2D eigenvalue weighted by atomic mass is 9.86. The Morgan fingerprint density at radius 1 is 0.500 bits per heavy atom. The van der Waals surface area contributed by atoms with E-state index in [4.69, 9.17) is 19.4 Å². The minimum Gasteiger partial charge on any atom is -0.456 e. The number of para-hydroxylation sites is 2. The second-order valence-corrected chi connectivity index (χ2v) is 14.4. The van der Waals surface area contributed by atoms with Crippen LogP contribution < -0.4 is 0 Å². The molecule has 0 spiro atoms. The van der Waals surface area contributed by atoms with Crippen LogP contribution in [0.25, 0.3) is 89.8 Å². The second kappa shape index (κ2) is 13.2. The highest BCUT2D eigenvalue weighted by molar-refractivity contribution is 6.16. The smallest absolute Gasteiger partial charge is 0.164 e. The number of hydrogen-bond acceptors (Lipinski definition) is 4. The van der Waals surface area contributed by atoms with E-state index >= 15 is 0 Å². The first kappa shape index (κ1) is 32.1. The molecule has 3 heterocycles. The van der Waals surface area contributed by atoms with Gasteiger partial charge in [-0.05, 0) is 71.7 Å². The Kier molecular flexibility index (Phi) is 7.56. The Hall–Kier alpha value is -7.37. The van der Waals surface area contributed by atoms with Gasteiger partial charge in [-0.25, -0.2) is 15.0 Å². The van der Waals surface area contributed by atoms with Crippen LogP contribution in [0.3, 0.4) is 0 Å². The van der Waals surface area contributed by atoms with Gasteiger partial charge in [0.15, 0.2) is 17.5 Å². The third kappa shape index (κ3) is 5.44. The molecule has 1 unspecified atom stereocenters. The van der Waals surface area contributed by atoms with E-state index in [0.29, 0.717) is 17.5 Å². The van der Waals surface area contributed by atoms with Crippen LogP contribution in [0.4, 0.5) is 0 Å². The van der Waals surface area contributed by atoms with Crippen molar-refractivity contribution in [2.24, 2.45) is 0 Å². The molecule has 0 N–H and O–H groups in total. The minimum absolute atomic E-state index is 0.222. The van der Waals surface area contributed by atoms with Gasteiger partial charge in [0.1, 0.15) is 11.3 Å². The van der Waals surface area contributed by atoms with Crippen molar-refractivity contribution in [2.75, 3.05) is 0 Å². The highest BCUT2D eigenvalue weighted by Gasteiger charge is 2.24. The summed E-state index contributed by atoms with van der Waals surface area (Å²) in [6.07, 6.45) is 5.35. The molecule has 0 bridgehead atoms. The van der Waals surface area contributed by atoms with Gasteiger partial charge in [0.05, 0.1) is 11.0 Å². The van der Waals surface area contributed by atoms with Crippen LogP contribution in [0.5, 0.6) is 0 Å². The van der Waals surface area contributed by atoms with E-state index in [-0.39, 0.29) is 5.92 Å². The number of rotatable bonds is 6. The largest absolute Gasteiger partial charge is 0.456 e. The molecule has 56 heavy (non-hydrogen) atoms.